The number of fused-ring (bicyclic) bond motifs is 2. The van der Waals surface area contributed by atoms with E-state index in [-0.39, 0.29) is 30.1 Å². The lowest BCUT2D eigenvalue weighted by atomic mass is 10.0. The summed E-state index contributed by atoms with van der Waals surface area (Å²) in [5.74, 6) is 1.17. The Morgan fingerprint density at radius 2 is 1.92 bits per heavy atom. The van der Waals surface area contributed by atoms with Crippen molar-refractivity contribution in [1.29, 1.82) is 0 Å². The van der Waals surface area contributed by atoms with Crippen molar-refractivity contribution >= 4 is 23.7 Å². The normalized spacial score (nSPS) is 27.5. The Morgan fingerprint density at radius 3 is 2.68 bits per heavy atom. The van der Waals surface area contributed by atoms with Gasteiger partial charge >= 0.3 is 6.03 Å². The van der Waals surface area contributed by atoms with Crippen molar-refractivity contribution in [3.63, 3.8) is 0 Å². The predicted molar refractivity (Wildman–Crippen MR) is 99.7 cm³/mol. The smallest absolute Gasteiger partial charge is 0.315 e. The maximum atomic E-state index is 12.2. The molecular formula is C19H25N3O2S. The zero-order valence-electron chi connectivity index (χ0n) is 14.3. The molecule has 0 saturated carbocycles. The van der Waals surface area contributed by atoms with Gasteiger partial charge in [-0.05, 0) is 36.8 Å². The van der Waals surface area contributed by atoms with Crippen LogP contribution < -0.4 is 16.0 Å². The van der Waals surface area contributed by atoms with Crippen LogP contribution in [0.2, 0.25) is 0 Å². The molecule has 2 fully saturated rings. The number of nitrogens with one attached hydrogen (secondary N) is 3. The molecule has 3 N–H and O–H groups in total. The Labute approximate surface area is 152 Å². The van der Waals surface area contributed by atoms with Gasteiger partial charge in [0.1, 0.15) is 0 Å². The Kier molecular flexibility index (Phi) is 4.88. The van der Waals surface area contributed by atoms with Gasteiger partial charge in [0.2, 0.25) is 5.91 Å². The fourth-order valence-corrected chi connectivity index (χ4v) is 5.78. The predicted octanol–water partition coefficient (Wildman–Crippen LogP) is 2.00. The Hall–Kier alpha value is -1.69. The van der Waals surface area contributed by atoms with Gasteiger partial charge in [-0.2, -0.15) is 11.8 Å². The summed E-state index contributed by atoms with van der Waals surface area (Å²) in [4.78, 5) is 23.6. The molecule has 1 aromatic carbocycles. The molecule has 3 atom stereocenters. The first-order chi connectivity index (χ1) is 12.2. The van der Waals surface area contributed by atoms with E-state index in [4.69, 9.17) is 0 Å². The fourth-order valence-electron chi connectivity index (χ4n) is 4.23. The van der Waals surface area contributed by atoms with Crippen LogP contribution in [0.25, 0.3) is 0 Å². The molecule has 6 heteroatoms. The van der Waals surface area contributed by atoms with Crippen molar-refractivity contribution in [2.75, 3.05) is 5.75 Å². The van der Waals surface area contributed by atoms with Crippen LogP contribution in [0, 0.1) is 0 Å². The van der Waals surface area contributed by atoms with Gasteiger partial charge in [0.15, 0.2) is 0 Å². The van der Waals surface area contributed by atoms with Crippen molar-refractivity contribution in [1.82, 2.24) is 16.0 Å². The summed E-state index contributed by atoms with van der Waals surface area (Å²) in [6.07, 6.45) is 5.53. The zero-order valence-corrected chi connectivity index (χ0v) is 15.1. The van der Waals surface area contributed by atoms with Crippen LogP contribution >= 0.6 is 11.8 Å². The van der Waals surface area contributed by atoms with Gasteiger partial charge in [0.25, 0.3) is 0 Å². The molecule has 4 rings (SSSR count). The van der Waals surface area contributed by atoms with E-state index in [1.165, 1.54) is 11.1 Å². The van der Waals surface area contributed by atoms with Crippen molar-refractivity contribution in [3.05, 3.63) is 35.4 Å². The maximum absolute atomic E-state index is 12.2. The first kappa shape index (κ1) is 16.8. The highest BCUT2D eigenvalue weighted by Crippen LogP contribution is 2.33. The summed E-state index contributed by atoms with van der Waals surface area (Å²) in [5.41, 5.74) is 2.74. The summed E-state index contributed by atoms with van der Waals surface area (Å²) in [6.45, 7) is 0. The zero-order chi connectivity index (χ0) is 17.2. The molecule has 3 amide bonds. The number of carbonyl (C=O) groups excluding carboxylic acids is 2. The molecule has 25 heavy (non-hydrogen) atoms. The van der Waals surface area contributed by atoms with Gasteiger partial charge in [-0.1, -0.05) is 30.7 Å². The molecule has 2 aliphatic heterocycles. The third-order valence-corrected chi connectivity index (χ3v) is 7.01. The van der Waals surface area contributed by atoms with Crippen LogP contribution in [0.4, 0.5) is 4.79 Å². The third-order valence-electron chi connectivity index (χ3n) is 5.50. The molecule has 0 aromatic heterocycles. The van der Waals surface area contributed by atoms with Gasteiger partial charge < -0.3 is 16.0 Å². The monoisotopic (exact) mass is 359 g/mol. The molecule has 0 bridgehead atoms. The van der Waals surface area contributed by atoms with E-state index in [1.54, 1.807) is 0 Å². The van der Waals surface area contributed by atoms with Crippen molar-refractivity contribution in [2.45, 2.75) is 61.9 Å². The first-order valence-corrected chi connectivity index (χ1v) is 10.3. The topological polar surface area (TPSA) is 70.2 Å². The SMILES string of the molecule is O=C(CCCC[C@@H]1SC[C@H]2NC(=O)N[C@H]12)NC1Cc2ccccc2C1. The number of hydrogen-bond donors (Lipinski definition) is 3. The second-order valence-electron chi connectivity index (χ2n) is 7.31. The van der Waals surface area contributed by atoms with E-state index in [9.17, 15) is 9.59 Å². The van der Waals surface area contributed by atoms with Gasteiger partial charge in [-0.3, -0.25) is 4.79 Å². The average Bonchev–Trinajstić information content (AvgIpc) is 3.25. The quantitative estimate of drug-likeness (QED) is 0.537. The molecule has 0 spiro atoms. The van der Waals surface area contributed by atoms with E-state index in [0.29, 0.717) is 11.7 Å². The van der Waals surface area contributed by atoms with Crippen molar-refractivity contribution in [2.24, 2.45) is 0 Å². The van der Waals surface area contributed by atoms with E-state index >= 15 is 0 Å². The van der Waals surface area contributed by atoms with Gasteiger partial charge in [-0.15, -0.1) is 0 Å². The van der Waals surface area contributed by atoms with E-state index in [0.717, 1.165) is 37.9 Å². The van der Waals surface area contributed by atoms with Gasteiger partial charge in [0, 0.05) is 23.5 Å². The molecule has 5 nitrogen and oxygen atoms in total. The largest absolute Gasteiger partial charge is 0.353 e. The highest BCUT2D eigenvalue weighted by molar-refractivity contribution is 8.00. The standard InChI is InChI=1S/C19H25N3O2S/c23-17(20-14-9-12-5-1-2-6-13(12)10-14)8-4-3-7-16-18-15(11-25-16)21-19(24)22-18/h1-2,5-6,14-16,18H,3-4,7-11H2,(H,20,23)(H2,21,22,24)/t15-,16+,18+/m1/s1. The van der Waals surface area contributed by atoms with Crippen LogP contribution in [0.15, 0.2) is 24.3 Å². The number of rotatable bonds is 6. The molecule has 3 aliphatic rings. The minimum Gasteiger partial charge on any atom is -0.353 e. The lowest BCUT2D eigenvalue weighted by Crippen LogP contribution is -2.37. The molecule has 1 aromatic rings. The number of urea groups is 1. The second kappa shape index (κ2) is 7.28. The number of hydrogen-bond acceptors (Lipinski definition) is 3. The summed E-state index contributed by atoms with van der Waals surface area (Å²) in [7, 11) is 0. The minimum absolute atomic E-state index is 0.0303. The number of amides is 3. The molecule has 2 saturated heterocycles. The number of carbonyl (C=O) groups is 2. The summed E-state index contributed by atoms with van der Waals surface area (Å²) in [5, 5.41) is 9.66. The lowest BCUT2D eigenvalue weighted by Gasteiger charge is -2.16. The molecular weight excluding hydrogens is 334 g/mol. The van der Waals surface area contributed by atoms with Gasteiger partial charge in [0.05, 0.1) is 12.1 Å². The second-order valence-corrected chi connectivity index (χ2v) is 8.58. The molecule has 0 unspecified atom stereocenters. The van der Waals surface area contributed by atoms with Crippen LogP contribution in [-0.2, 0) is 17.6 Å². The van der Waals surface area contributed by atoms with Gasteiger partial charge in [-0.25, -0.2) is 4.79 Å². The summed E-state index contributed by atoms with van der Waals surface area (Å²) in [6, 6.07) is 9.23. The van der Waals surface area contributed by atoms with Crippen molar-refractivity contribution in [3.8, 4) is 0 Å². The highest BCUT2D eigenvalue weighted by Gasteiger charge is 2.42. The Bertz CT molecular complexity index is 641. The van der Waals surface area contributed by atoms with Crippen LogP contribution in [0.1, 0.15) is 36.8 Å². The average molecular weight is 359 g/mol. The van der Waals surface area contributed by atoms with Crippen molar-refractivity contribution < 1.29 is 9.59 Å². The Balaban J connectivity index is 1.14. The molecule has 2 heterocycles. The van der Waals surface area contributed by atoms with Crippen LogP contribution in [0.3, 0.4) is 0 Å². The van der Waals surface area contributed by atoms with E-state index in [2.05, 4.69) is 40.2 Å². The van der Waals surface area contributed by atoms with Crippen LogP contribution in [0.5, 0.6) is 0 Å². The highest BCUT2D eigenvalue weighted by atomic mass is 32.2. The minimum atomic E-state index is -0.0303. The number of benzene rings is 1. The molecule has 1 aliphatic carbocycles. The summed E-state index contributed by atoms with van der Waals surface area (Å²) < 4.78 is 0. The molecule has 0 radical (unpaired) electrons. The first-order valence-electron chi connectivity index (χ1n) is 9.24. The van der Waals surface area contributed by atoms with Crippen LogP contribution in [-0.4, -0.2) is 41.1 Å². The molecule has 134 valence electrons. The maximum Gasteiger partial charge on any atom is 0.315 e. The third kappa shape index (κ3) is 3.78. The number of thioether (sulfide) groups is 1. The Morgan fingerprint density at radius 1 is 1.16 bits per heavy atom. The summed E-state index contributed by atoms with van der Waals surface area (Å²) >= 11 is 1.94. The lowest BCUT2D eigenvalue weighted by molar-refractivity contribution is -0.121. The van der Waals surface area contributed by atoms with E-state index in [1.807, 2.05) is 11.8 Å². The number of unbranched alkanes of at least 4 members (excludes halogenated alkanes) is 1. The van der Waals surface area contributed by atoms with E-state index < -0.39 is 0 Å². The fraction of sp³-hybridized carbons (Fsp3) is 0.579.